The van der Waals surface area contributed by atoms with Gasteiger partial charge in [-0.25, -0.2) is 9.97 Å². The SMILES string of the molecule is CCCNCCNC(=O)CCc1nc(-c2ncccn2)no1.Cl. The number of carbonyl (C=O) groups excluding carboxylic acids is 1. The topological polar surface area (TPSA) is 106 Å². The zero-order valence-electron chi connectivity index (χ0n) is 13.0. The maximum absolute atomic E-state index is 11.7. The molecule has 0 atom stereocenters. The molecule has 0 unspecified atom stereocenters. The molecule has 2 heterocycles. The van der Waals surface area contributed by atoms with Crippen LogP contribution in [0.1, 0.15) is 25.7 Å². The summed E-state index contributed by atoms with van der Waals surface area (Å²) >= 11 is 0. The molecule has 0 aliphatic rings. The third-order valence-electron chi connectivity index (χ3n) is 2.85. The number of rotatable bonds is 9. The summed E-state index contributed by atoms with van der Waals surface area (Å²) in [5.74, 6) is 1.11. The number of nitrogens with zero attached hydrogens (tertiary/aromatic N) is 4. The van der Waals surface area contributed by atoms with Crippen LogP contribution in [0, 0.1) is 0 Å². The Labute approximate surface area is 140 Å². The minimum atomic E-state index is -0.0333. The van der Waals surface area contributed by atoms with Crippen molar-refractivity contribution in [2.45, 2.75) is 26.2 Å². The lowest BCUT2D eigenvalue weighted by atomic mass is 10.3. The van der Waals surface area contributed by atoms with Gasteiger partial charge in [0.1, 0.15) is 0 Å². The molecule has 2 N–H and O–H groups in total. The van der Waals surface area contributed by atoms with Gasteiger partial charge >= 0.3 is 0 Å². The van der Waals surface area contributed by atoms with Crippen LogP contribution in [0.15, 0.2) is 23.0 Å². The van der Waals surface area contributed by atoms with E-state index in [1.165, 1.54) is 0 Å². The number of halogens is 1. The fourth-order valence-corrected chi connectivity index (χ4v) is 1.76. The molecule has 0 saturated carbocycles. The smallest absolute Gasteiger partial charge is 0.240 e. The molecule has 0 aliphatic carbocycles. The van der Waals surface area contributed by atoms with Gasteiger partial charge in [-0.2, -0.15) is 4.98 Å². The molecule has 2 rings (SSSR count). The van der Waals surface area contributed by atoms with E-state index >= 15 is 0 Å². The zero-order valence-corrected chi connectivity index (χ0v) is 13.8. The standard InChI is InChI=1S/C14H20N6O2.ClH/c1-2-6-15-9-10-16-11(21)4-5-12-19-14(20-22-12)13-17-7-3-8-18-13;/h3,7-8,15H,2,4-6,9-10H2,1H3,(H,16,21);1H. The molecule has 0 aromatic carbocycles. The molecular formula is C14H21ClN6O2. The molecule has 8 nitrogen and oxygen atoms in total. The van der Waals surface area contributed by atoms with Gasteiger partial charge in [0.15, 0.2) is 0 Å². The number of hydrogen-bond acceptors (Lipinski definition) is 7. The van der Waals surface area contributed by atoms with E-state index in [0.717, 1.165) is 19.5 Å². The summed E-state index contributed by atoms with van der Waals surface area (Å²) in [5, 5.41) is 9.86. The van der Waals surface area contributed by atoms with Gasteiger partial charge in [0.05, 0.1) is 0 Å². The average Bonchev–Trinajstić information content (AvgIpc) is 3.02. The maximum Gasteiger partial charge on any atom is 0.240 e. The van der Waals surface area contributed by atoms with Gasteiger partial charge in [0, 0.05) is 38.3 Å². The molecule has 2 aromatic heterocycles. The number of aryl methyl sites for hydroxylation is 1. The monoisotopic (exact) mass is 340 g/mol. The largest absolute Gasteiger partial charge is 0.355 e. The van der Waals surface area contributed by atoms with E-state index < -0.39 is 0 Å². The van der Waals surface area contributed by atoms with Crippen molar-refractivity contribution >= 4 is 18.3 Å². The molecule has 0 bridgehead atoms. The summed E-state index contributed by atoms with van der Waals surface area (Å²) in [6.07, 6.45) is 5.01. The Morgan fingerprint density at radius 1 is 1.17 bits per heavy atom. The average molecular weight is 341 g/mol. The lowest BCUT2D eigenvalue weighted by Crippen LogP contribution is -2.32. The van der Waals surface area contributed by atoms with Crippen molar-refractivity contribution in [3.8, 4) is 11.6 Å². The summed E-state index contributed by atoms with van der Waals surface area (Å²) < 4.78 is 5.09. The molecule has 0 aliphatic heterocycles. The Hall–Kier alpha value is -2.06. The predicted molar refractivity (Wildman–Crippen MR) is 87.1 cm³/mol. The highest BCUT2D eigenvalue weighted by molar-refractivity contribution is 5.85. The molecule has 0 fully saturated rings. The highest BCUT2D eigenvalue weighted by Gasteiger charge is 2.11. The van der Waals surface area contributed by atoms with Crippen molar-refractivity contribution in [1.82, 2.24) is 30.7 Å². The van der Waals surface area contributed by atoms with Crippen LogP contribution in [-0.2, 0) is 11.2 Å². The second-order valence-corrected chi connectivity index (χ2v) is 4.68. The molecule has 0 saturated heterocycles. The van der Waals surface area contributed by atoms with Gasteiger partial charge in [-0.1, -0.05) is 12.1 Å². The Bertz CT molecular complexity index is 578. The van der Waals surface area contributed by atoms with Crippen molar-refractivity contribution in [1.29, 1.82) is 0 Å². The van der Waals surface area contributed by atoms with Crippen LogP contribution in [-0.4, -0.2) is 45.7 Å². The van der Waals surface area contributed by atoms with Gasteiger partial charge in [0.25, 0.3) is 0 Å². The van der Waals surface area contributed by atoms with Crippen LogP contribution >= 0.6 is 12.4 Å². The number of aromatic nitrogens is 4. The minimum Gasteiger partial charge on any atom is -0.355 e. The van der Waals surface area contributed by atoms with Crippen LogP contribution < -0.4 is 10.6 Å². The van der Waals surface area contributed by atoms with E-state index in [0.29, 0.717) is 36.9 Å². The maximum atomic E-state index is 11.7. The lowest BCUT2D eigenvalue weighted by molar-refractivity contribution is -0.121. The van der Waals surface area contributed by atoms with Crippen LogP contribution in [0.2, 0.25) is 0 Å². The number of nitrogens with one attached hydrogen (secondary N) is 2. The Kier molecular flexibility index (Phi) is 8.78. The van der Waals surface area contributed by atoms with Crippen LogP contribution in [0.25, 0.3) is 11.6 Å². The Morgan fingerprint density at radius 2 is 1.96 bits per heavy atom. The van der Waals surface area contributed by atoms with Crippen LogP contribution in [0.3, 0.4) is 0 Å². The van der Waals surface area contributed by atoms with E-state index in [9.17, 15) is 4.79 Å². The molecule has 0 spiro atoms. The van der Waals surface area contributed by atoms with E-state index in [2.05, 4.69) is 37.7 Å². The third-order valence-corrected chi connectivity index (χ3v) is 2.85. The van der Waals surface area contributed by atoms with Gasteiger partial charge in [-0.3, -0.25) is 4.79 Å². The zero-order chi connectivity index (χ0) is 15.6. The first-order valence-electron chi connectivity index (χ1n) is 7.37. The Balaban J connectivity index is 0.00000264. The molecule has 9 heteroatoms. The van der Waals surface area contributed by atoms with Crippen molar-refractivity contribution in [3.63, 3.8) is 0 Å². The molecular weight excluding hydrogens is 320 g/mol. The number of carbonyl (C=O) groups is 1. The molecule has 0 radical (unpaired) electrons. The highest BCUT2D eigenvalue weighted by Crippen LogP contribution is 2.10. The fraction of sp³-hybridized carbons (Fsp3) is 0.500. The first-order valence-corrected chi connectivity index (χ1v) is 7.37. The summed E-state index contributed by atoms with van der Waals surface area (Å²) in [6.45, 7) is 4.45. The van der Waals surface area contributed by atoms with Crippen molar-refractivity contribution < 1.29 is 9.32 Å². The molecule has 2 aromatic rings. The highest BCUT2D eigenvalue weighted by atomic mass is 35.5. The quantitative estimate of drug-likeness (QED) is 0.656. The summed E-state index contributed by atoms with van der Waals surface area (Å²) in [7, 11) is 0. The molecule has 1 amide bonds. The second kappa shape index (κ2) is 10.6. The van der Waals surface area contributed by atoms with Crippen molar-refractivity contribution in [2.75, 3.05) is 19.6 Å². The first kappa shape index (κ1) is 19.0. The van der Waals surface area contributed by atoms with Gasteiger partial charge < -0.3 is 15.2 Å². The predicted octanol–water partition coefficient (Wildman–Crippen LogP) is 0.997. The van der Waals surface area contributed by atoms with Gasteiger partial charge in [-0.15, -0.1) is 12.4 Å². The second-order valence-electron chi connectivity index (χ2n) is 4.68. The summed E-state index contributed by atoms with van der Waals surface area (Å²) in [5.41, 5.74) is 0. The van der Waals surface area contributed by atoms with Crippen molar-refractivity contribution in [3.05, 3.63) is 24.4 Å². The van der Waals surface area contributed by atoms with E-state index in [1.807, 2.05) is 0 Å². The normalized spacial score (nSPS) is 10.1. The van der Waals surface area contributed by atoms with E-state index in [4.69, 9.17) is 4.52 Å². The third kappa shape index (κ3) is 6.70. The van der Waals surface area contributed by atoms with E-state index in [-0.39, 0.29) is 18.3 Å². The summed E-state index contributed by atoms with van der Waals surface area (Å²) in [6, 6.07) is 1.71. The molecule has 23 heavy (non-hydrogen) atoms. The lowest BCUT2D eigenvalue weighted by Gasteiger charge is -2.04. The van der Waals surface area contributed by atoms with Gasteiger partial charge in [-0.05, 0) is 19.0 Å². The minimum absolute atomic E-state index is 0. The van der Waals surface area contributed by atoms with Crippen molar-refractivity contribution in [2.24, 2.45) is 0 Å². The Morgan fingerprint density at radius 3 is 2.70 bits per heavy atom. The number of hydrogen-bond donors (Lipinski definition) is 2. The summed E-state index contributed by atoms with van der Waals surface area (Å²) in [4.78, 5) is 23.9. The fourth-order valence-electron chi connectivity index (χ4n) is 1.76. The van der Waals surface area contributed by atoms with Crippen LogP contribution in [0.4, 0.5) is 0 Å². The molecule has 126 valence electrons. The van der Waals surface area contributed by atoms with Gasteiger partial charge in [0.2, 0.25) is 23.4 Å². The number of amides is 1. The van der Waals surface area contributed by atoms with Crippen LogP contribution in [0.5, 0.6) is 0 Å². The van der Waals surface area contributed by atoms with E-state index in [1.54, 1.807) is 18.5 Å². The first-order chi connectivity index (χ1) is 10.8.